The van der Waals surface area contributed by atoms with E-state index in [-0.39, 0.29) is 0 Å². The van der Waals surface area contributed by atoms with Gasteiger partial charge in [0.15, 0.2) is 0 Å². The molecule has 0 radical (unpaired) electrons. The van der Waals surface area contributed by atoms with E-state index in [9.17, 15) is 0 Å². The lowest BCUT2D eigenvalue weighted by Crippen LogP contribution is -2.34. The van der Waals surface area contributed by atoms with Gasteiger partial charge in [0, 0.05) is 31.0 Å². The second-order valence-electron chi connectivity index (χ2n) is 5.39. The Labute approximate surface area is 131 Å². The maximum Gasteiger partial charge on any atom is 0.130 e. The van der Waals surface area contributed by atoms with E-state index in [4.69, 9.17) is 11.6 Å². The van der Waals surface area contributed by atoms with Gasteiger partial charge in [0.05, 0.1) is 5.69 Å². The van der Waals surface area contributed by atoms with E-state index in [0.29, 0.717) is 6.04 Å². The summed E-state index contributed by atoms with van der Waals surface area (Å²) in [6, 6.07) is 4.49. The van der Waals surface area contributed by atoms with Crippen LogP contribution in [0.2, 0.25) is 5.15 Å². The molecular weight excluding hydrogens is 284 g/mol. The van der Waals surface area contributed by atoms with Crippen LogP contribution in [0, 0.1) is 6.92 Å². The molecule has 0 saturated heterocycles. The van der Waals surface area contributed by atoms with Gasteiger partial charge in [-0.25, -0.2) is 0 Å². The van der Waals surface area contributed by atoms with Crippen LogP contribution >= 0.6 is 11.6 Å². The standard InChI is InChI=1S/C16H23ClN4/c1-4-7-19-14(10-13-5-8-18-9-6-13)11-15-12(2)20-21(3)16(15)17/h5-6,8-9,14,19H,4,7,10-11H2,1-3H3. The van der Waals surface area contributed by atoms with Gasteiger partial charge in [-0.2, -0.15) is 5.10 Å². The van der Waals surface area contributed by atoms with Crippen LogP contribution in [-0.2, 0) is 19.9 Å². The minimum absolute atomic E-state index is 0.354. The molecule has 2 heterocycles. The Balaban J connectivity index is 2.12. The SMILES string of the molecule is CCCNC(Cc1ccncc1)Cc1c(C)nn(C)c1Cl. The van der Waals surface area contributed by atoms with Crippen LogP contribution in [0.1, 0.15) is 30.2 Å². The second-order valence-corrected chi connectivity index (χ2v) is 5.75. The quantitative estimate of drug-likeness (QED) is 0.855. The van der Waals surface area contributed by atoms with Crippen LogP contribution in [-0.4, -0.2) is 27.4 Å². The third-order valence-electron chi connectivity index (χ3n) is 3.63. The first kappa shape index (κ1) is 16.0. The number of nitrogens with one attached hydrogen (secondary N) is 1. The van der Waals surface area contributed by atoms with Gasteiger partial charge in [-0.15, -0.1) is 0 Å². The fraction of sp³-hybridized carbons (Fsp3) is 0.500. The molecule has 1 unspecified atom stereocenters. The van der Waals surface area contributed by atoms with Crippen molar-refractivity contribution in [2.45, 2.75) is 39.2 Å². The lowest BCUT2D eigenvalue weighted by atomic mass is 10.00. The summed E-state index contributed by atoms with van der Waals surface area (Å²) in [7, 11) is 1.89. The summed E-state index contributed by atoms with van der Waals surface area (Å²) in [5.41, 5.74) is 3.44. The van der Waals surface area contributed by atoms with Crippen molar-refractivity contribution in [1.82, 2.24) is 20.1 Å². The molecule has 4 nitrogen and oxygen atoms in total. The summed E-state index contributed by atoms with van der Waals surface area (Å²) >= 11 is 6.36. The molecule has 0 amide bonds. The fourth-order valence-corrected chi connectivity index (χ4v) is 2.77. The molecule has 0 aliphatic carbocycles. The molecule has 2 aromatic heterocycles. The summed E-state index contributed by atoms with van der Waals surface area (Å²) in [4.78, 5) is 4.08. The number of halogens is 1. The van der Waals surface area contributed by atoms with Gasteiger partial charge in [0.25, 0.3) is 0 Å². The van der Waals surface area contributed by atoms with Crippen LogP contribution in [0.25, 0.3) is 0 Å². The summed E-state index contributed by atoms with van der Waals surface area (Å²) in [5, 5.41) is 8.75. The predicted octanol–water partition coefficient (Wildman–Crippen LogP) is 2.93. The van der Waals surface area contributed by atoms with Gasteiger partial charge in [-0.3, -0.25) is 9.67 Å². The molecule has 2 rings (SSSR count). The molecular formula is C16H23ClN4. The van der Waals surface area contributed by atoms with Gasteiger partial charge in [0.1, 0.15) is 5.15 Å². The van der Waals surface area contributed by atoms with E-state index in [1.165, 1.54) is 5.56 Å². The van der Waals surface area contributed by atoms with E-state index in [1.54, 1.807) is 4.68 Å². The fourth-order valence-electron chi connectivity index (χ4n) is 2.52. The lowest BCUT2D eigenvalue weighted by molar-refractivity contribution is 0.504. The van der Waals surface area contributed by atoms with Crippen molar-refractivity contribution in [2.24, 2.45) is 7.05 Å². The van der Waals surface area contributed by atoms with Crippen LogP contribution in [0.15, 0.2) is 24.5 Å². The first-order valence-electron chi connectivity index (χ1n) is 7.42. The summed E-state index contributed by atoms with van der Waals surface area (Å²) < 4.78 is 1.75. The van der Waals surface area contributed by atoms with Gasteiger partial charge in [-0.05, 0) is 50.4 Å². The molecule has 0 fully saturated rings. The normalized spacial score (nSPS) is 12.6. The molecule has 21 heavy (non-hydrogen) atoms. The molecule has 0 aliphatic heterocycles. The summed E-state index contributed by atoms with van der Waals surface area (Å²) in [5.74, 6) is 0. The number of nitrogens with zero attached hydrogens (tertiary/aromatic N) is 3. The van der Waals surface area contributed by atoms with E-state index in [2.05, 4.69) is 34.5 Å². The van der Waals surface area contributed by atoms with E-state index in [0.717, 1.165) is 42.2 Å². The second kappa shape index (κ2) is 7.57. The zero-order valence-electron chi connectivity index (χ0n) is 12.9. The third kappa shape index (κ3) is 4.29. The van der Waals surface area contributed by atoms with Gasteiger partial charge in [-0.1, -0.05) is 18.5 Å². The Morgan fingerprint density at radius 3 is 2.57 bits per heavy atom. The highest BCUT2D eigenvalue weighted by Crippen LogP contribution is 2.21. The third-order valence-corrected chi connectivity index (χ3v) is 4.11. The van der Waals surface area contributed by atoms with Crippen molar-refractivity contribution >= 4 is 11.6 Å². The van der Waals surface area contributed by atoms with Crippen molar-refractivity contribution in [2.75, 3.05) is 6.54 Å². The highest BCUT2D eigenvalue weighted by molar-refractivity contribution is 6.30. The highest BCUT2D eigenvalue weighted by Gasteiger charge is 2.17. The van der Waals surface area contributed by atoms with Crippen LogP contribution < -0.4 is 5.32 Å². The minimum atomic E-state index is 0.354. The number of rotatable bonds is 7. The monoisotopic (exact) mass is 306 g/mol. The number of aryl methyl sites for hydroxylation is 2. The largest absolute Gasteiger partial charge is 0.313 e. The van der Waals surface area contributed by atoms with Crippen molar-refractivity contribution in [3.63, 3.8) is 0 Å². The number of aromatic nitrogens is 3. The predicted molar refractivity (Wildman–Crippen MR) is 86.7 cm³/mol. The Bertz CT molecular complexity index is 565. The topological polar surface area (TPSA) is 42.7 Å². The van der Waals surface area contributed by atoms with Gasteiger partial charge < -0.3 is 5.32 Å². The van der Waals surface area contributed by atoms with Crippen molar-refractivity contribution < 1.29 is 0 Å². The van der Waals surface area contributed by atoms with E-state index >= 15 is 0 Å². The number of hydrogen-bond acceptors (Lipinski definition) is 3. The van der Waals surface area contributed by atoms with Crippen LogP contribution in [0.4, 0.5) is 0 Å². The number of pyridine rings is 1. The van der Waals surface area contributed by atoms with Crippen LogP contribution in [0.3, 0.4) is 0 Å². The van der Waals surface area contributed by atoms with E-state index in [1.807, 2.05) is 26.4 Å². The maximum absolute atomic E-state index is 6.36. The lowest BCUT2D eigenvalue weighted by Gasteiger charge is -2.18. The maximum atomic E-state index is 6.36. The molecule has 0 bridgehead atoms. The summed E-state index contributed by atoms with van der Waals surface area (Å²) in [6.45, 7) is 5.20. The van der Waals surface area contributed by atoms with Crippen molar-refractivity contribution in [3.05, 3.63) is 46.5 Å². The van der Waals surface area contributed by atoms with Crippen molar-refractivity contribution in [1.29, 1.82) is 0 Å². The highest BCUT2D eigenvalue weighted by atomic mass is 35.5. The Morgan fingerprint density at radius 1 is 1.29 bits per heavy atom. The van der Waals surface area contributed by atoms with Crippen molar-refractivity contribution in [3.8, 4) is 0 Å². The molecule has 1 atom stereocenters. The molecule has 0 spiro atoms. The Kier molecular flexibility index (Phi) is 5.76. The Hall–Kier alpha value is -1.39. The smallest absolute Gasteiger partial charge is 0.130 e. The van der Waals surface area contributed by atoms with Crippen LogP contribution in [0.5, 0.6) is 0 Å². The zero-order chi connectivity index (χ0) is 15.2. The summed E-state index contributed by atoms with van der Waals surface area (Å²) in [6.07, 6.45) is 6.66. The molecule has 0 aliphatic rings. The average Bonchev–Trinajstić information content (AvgIpc) is 2.72. The van der Waals surface area contributed by atoms with E-state index < -0.39 is 0 Å². The zero-order valence-corrected chi connectivity index (χ0v) is 13.7. The average molecular weight is 307 g/mol. The Morgan fingerprint density at radius 2 is 2.00 bits per heavy atom. The molecule has 2 aromatic rings. The first-order chi connectivity index (χ1) is 10.1. The molecule has 5 heteroatoms. The molecule has 114 valence electrons. The number of hydrogen-bond donors (Lipinski definition) is 1. The minimum Gasteiger partial charge on any atom is -0.313 e. The van der Waals surface area contributed by atoms with Gasteiger partial charge >= 0.3 is 0 Å². The molecule has 0 aromatic carbocycles. The first-order valence-corrected chi connectivity index (χ1v) is 7.79. The molecule has 0 saturated carbocycles. The molecule has 1 N–H and O–H groups in total. The van der Waals surface area contributed by atoms with Gasteiger partial charge in [0.2, 0.25) is 0 Å².